The Bertz CT molecular complexity index is 584. The molecule has 0 saturated heterocycles. The molecule has 18 heavy (non-hydrogen) atoms. The lowest BCUT2D eigenvalue weighted by molar-refractivity contribution is -0.123. The average molecular weight is 280 g/mol. The lowest BCUT2D eigenvalue weighted by Crippen LogP contribution is -2.27. The first-order valence-electron chi connectivity index (χ1n) is 5.67. The largest absolute Gasteiger partial charge is 0.301 e. The number of hydrogen-bond donors (Lipinski definition) is 1. The van der Waals surface area contributed by atoms with Crippen molar-refractivity contribution >= 4 is 44.4 Å². The Morgan fingerprint density at radius 3 is 2.72 bits per heavy atom. The lowest BCUT2D eigenvalue weighted by atomic mass is 9.96. The topological polar surface area (TPSA) is 42.0 Å². The molecule has 0 aliphatic rings. The van der Waals surface area contributed by atoms with Crippen LogP contribution in [0.15, 0.2) is 23.1 Å². The minimum atomic E-state index is -0.403. The number of amides is 1. The summed E-state index contributed by atoms with van der Waals surface area (Å²) in [6.45, 7) is 5.68. The maximum absolute atomic E-state index is 11.9. The fraction of sp³-hybridized carbons (Fsp3) is 0.385. The zero-order valence-electron chi connectivity index (χ0n) is 10.9. The highest BCUT2D eigenvalue weighted by Crippen LogP contribution is 2.32. The predicted molar refractivity (Wildman–Crippen MR) is 79.5 cm³/mol. The molecule has 0 radical (unpaired) electrons. The number of para-hydroxylation sites is 1. The fourth-order valence-electron chi connectivity index (χ4n) is 1.43. The molecule has 0 fully saturated rings. The zero-order valence-corrected chi connectivity index (χ0v) is 12.5. The van der Waals surface area contributed by atoms with Crippen LogP contribution in [0.25, 0.3) is 10.2 Å². The van der Waals surface area contributed by atoms with E-state index in [4.69, 9.17) is 0 Å². The van der Waals surface area contributed by atoms with Gasteiger partial charge >= 0.3 is 0 Å². The molecule has 0 saturated carbocycles. The van der Waals surface area contributed by atoms with E-state index in [0.29, 0.717) is 5.13 Å². The van der Waals surface area contributed by atoms with Gasteiger partial charge in [-0.1, -0.05) is 38.2 Å². The minimum absolute atomic E-state index is 0.00717. The first-order valence-corrected chi connectivity index (χ1v) is 7.71. The third-order valence-electron chi connectivity index (χ3n) is 2.50. The number of aromatic nitrogens is 1. The summed E-state index contributed by atoms with van der Waals surface area (Å²) >= 11 is 3.18. The van der Waals surface area contributed by atoms with E-state index in [1.807, 2.05) is 45.2 Å². The number of anilines is 1. The molecule has 1 aromatic heterocycles. The Balaban J connectivity index is 2.34. The fourth-order valence-corrected chi connectivity index (χ4v) is 2.94. The molecule has 0 aliphatic heterocycles. The number of thiazole rings is 1. The Morgan fingerprint density at radius 2 is 2.11 bits per heavy atom. The number of carbonyl (C=O) groups excluding carboxylic acids is 1. The molecular formula is C13H16N2OS2. The van der Waals surface area contributed by atoms with Crippen molar-refractivity contribution in [2.24, 2.45) is 5.41 Å². The highest BCUT2D eigenvalue weighted by atomic mass is 32.2. The van der Waals surface area contributed by atoms with Crippen molar-refractivity contribution < 1.29 is 4.79 Å². The molecular weight excluding hydrogens is 264 g/mol. The Morgan fingerprint density at radius 1 is 1.39 bits per heavy atom. The Hall–Kier alpha value is -1.07. The standard InChI is InChI=1S/C13H16N2OS2/c1-13(2,3)11(16)15-12-14-10-8(17-4)6-5-7-9(10)18-12/h5-7H,1-4H3,(H,14,15,16). The number of nitrogens with one attached hydrogen (secondary N) is 1. The SMILES string of the molecule is CSc1cccc2sc(NC(=O)C(C)(C)C)nc12. The van der Waals surface area contributed by atoms with E-state index in [9.17, 15) is 4.79 Å². The first-order chi connectivity index (χ1) is 8.41. The summed E-state index contributed by atoms with van der Waals surface area (Å²) in [6, 6.07) is 6.09. The number of nitrogens with zero attached hydrogens (tertiary/aromatic N) is 1. The molecule has 0 unspecified atom stereocenters. The van der Waals surface area contributed by atoms with Crippen LogP contribution in [0.2, 0.25) is 0 Å². The molecule has 2 rings (SSSR count). The number of rotatable bonds is 2. The summed E-state index contributed by atoms with van der Waals surface area (Å²) < 4.78 is 1.10. The van der Waals surface area contributed by atoms with Crippen molar-refractivity contribution in [2.75, 3.05) is 11.6 Å². The summed E-state index contributed by atoms with van der Waals surface area (Å²) in [6.07, 6.45) is 2.03. The summed E-state index contributed by atoms with van der Waals surface area (Å²) in [5.41, 5.74) is 0.569. The second-order valence-corrected chi connectivity index (χ2v) is 6.91. The van der Waals surface area contributed by atoms with Gasteiger partial charge in [0.2, 0.25) is 5.91 Å². The van der Waals surface area contributed by atoms with Crippen LogP contribution >= 0.6 is 23.1 Å². The van der Waals surface area contributed by atoms with Crippen LogP contribution in [-0.2, 0) is 4.79 Å². The lowest BCUT2D eigenvalue weighted by Gasteiger charge is -2.15. The Labute approximate surface area is 115 Å². The molecule has 0 spiro atoms. The number of carbonyl (C=O) groups is 1. The smallest absolute Gasteiger partial charge is 0.231 e. The normalized spacial score (nSPS) is 11.8. The second kappa shape index (κ2) is 4.90. The molecule has 5 heteroatoms. The van der Waals surface area contributed by atoms with Gasteiger partial charge in [0, 0.05) is 10.3 Å². The van der Waals surface area contributed by atoms with E-state index in [1.165, 1.54) is 11.3 Å². The number of fused-ring (bicyclic) bond motifs is 1. The van der Waals surface area contributed by atoms with Crippen LogP contribution in [0.3, 0.4) is 0 Å². The van der Waals surface area contributed by atoms with Gasteiger partial charge < -0.3 is 5.32 Å². The van der Waals surface area contributed by atoms with Gasteiger partial charge in [-0.25, -0.2) is 4.98 Å². The summed E-state index contributed by atoms with van der Waals surface area (Å²) in [5, 5.41) is 3.55. The first kappa shape index (κ1) is 13.4. The number of hydrogen-bond acceptors (Lipinski definition) is 4. The van der Waals surface area contributed by atoms with Crippen LogP contribution in [0.5, 0.6) is 0 Å². The van der Waals surface area contributed by atoms with Gasteiger partial charge in [0.05, 0.1) is 10.2 Å². The van der Waals surface area contributed by atoms with Gasteiger partial charge in [0.1, 0.15) is 0 Å². The van der Waals surface area contributed by atoms with Crippen molar-refractivity contribution in [3.8, 4) is 0 Å². The van der Waals surface area contributed by atoms with Gasteiger partial charge in [0.25, 0.3) is 0 Å². The molecule has 0 aliphatic carbocycles. The average Bonchev–Trinajstić information content (AvgIpc) is 2.69. The van der Waals surface area contributed by atoms with E-state index in [1.54, 1.807) is 11.8 Å². The van der Waals surface area contributed by atoms with Crippen LogP contribution in [0, 0.1) is 5.41 Å². The molecule has 1 heterocycles. The molecule has 1 amide bonds. The Kier molecular flexibility index (Phi) is 3.64. The second-order valence-electron chi connectivity index (χ2n) is 5.03. The molecule has 0 bridgehead atoms. The van der Waals surface area contributed by atoms with Gasteiger partial charge in [-0.3, -0.25) is 4.79 Å². The van der Waals surface area contributed by atoms with Gasteiger partial charge in [-0.15, -0.1) is 11.8 Å². The third kappa shape index (κ3) is 2.67. The zero-order chi connectivity index (χ0) is 13.3. The molecule has 1 N–H and O–H groups in total. The van der Waals surface area contributed by atoms with E-state index >= 15 is 0 Å². The van der Waals surface area contributed by atoms with Crippen LogP contribution in [-0.4, -0.2) is 17.1 Å². The number of benzene rings is 1. The van der Waals surface area contributed by atoms with E-state index < -0.39 is 5.41 Å². The third-order valence-corrected chi connectivity index (χ3v) is 4.21. The van der Waals surface area contributed by atoms with Crippen molar-refractivity contribution in [3.05, 3.63) is 18.2 Å². The summed E-state index contributed by atoms with van der Waals surface area (Å²) in [7, 11) is 0. The molecule has 1 aromatic carbocycles. The monoisotopic (exact) mass is 280 g/mol. The van der Waals surface area contributed by atoms with Crippen molar-refractivity contribution in [3.63, 3.8) is 0 Å². The van der Waals surface area contributed by atoms with Crippen LogP contribution in [0.4, 0.5) is 5.13 Å². The highest BCUT2D eigenvalue weighted by Gasteiger charge is 2.22. The van der Waals surface area contributed by atoms with Crippen molar-refractivity contribution in [2.45, 2.75) is 25.7 Å². The maximum Gasteiger partial charge on any atom is 0.231 e. The summed E-state index contributed by atoms with van der Waals surface area (Å²) in [5.74, 6) is -0.00717. The molecule has 96 valence electrons. The minimum Gasteiger partial charge on any atom is -0.301 e. The van der Waals surface area contributed by atoms with E-state index in [0.717, 1.165) is 15.1 Å². The van der Waals surface area contributed by atoms with Crippen molar-refractivity contribution in [1.82, 2.24) is 4.98 Å². The quantitative estimate of drug-likeness (QED) is 0.845. The molecule has 2 aromatic rings. The van der Waals surface area contributed by atoms with Crippen molar-refractivity contribution in [1.29, 1.82) is 0 Å². The van der Waals surface area contributed by atoms with Gasteiger partial charge in [0.15, 0.2) is 5.13 Å². The van der Waals surface area contributed by atoms with Gasteiger partial charge in [-0.05, 0) is 18.4 Å². The van der Waals surface area contributed by atoms with Crippen LogP contribution < -0.4 is 5.32 Å². The van der Waals surface area contributed by atoms with Gasteiger partial charge in [-0.2, -0.15) is 0 Å². The summed E-state index contributed by atoms with van der Waals surface area (Å²) in [4.78, 5) is 17.6. The predicted octanol–water partition coefficient (Wildman–Crippen LogP) is 4.00. The molecule has 3 nitrogen and oxygen atoms in total. The number of thioether (sulfide) groups is 1. The highest BCUT2D eigenvalue weighted by molar-refractivity contribution is 7.98. The van der Waals surface area contributed by atoms with E-state index in [-0.39, 0.29) is 5.91 Å². The van der Waals surface area contributed by atoms with Crippen LogP contribution in [0.1, 0.15) is 20.8 Å². The van der Waals surface area contributed by atoms with E-state index in [2.05, 4.69) is 10.3 Å². The molecule has 0 atom stereocenters. The maximum atomic E-state index is 11.9.